The molecule has 1 N–H and O–H groups in total. The maximum Gasteiger partial charge on any atom is 0.220 e. The Morgan fingerprint density at radius 3 is 2.69 bits per heavy atom. The second-order valence-electron chi connectivity index (χ2n) is 7.10. The summed E-state index contributed by atoms with van der Waals surface area (Å²) in [5.41, 5.74) is 1.98. The van der Waals surface area contributed by atoms with E-state index in [9.17, 15) is 9.18 Å². The minimum Gasteiger partial charge on any atom is -0.379 e. The van der Waals surface area contributed by atoms with Gasteiger partial charge in [0.2, 0.25) is 5.91 Å². The summed E-state index contributed by atoms with van der Waals surface area (Å²) in [7, 11) is 0. The van der Waals surface area contributed by atoms with E-state index in [0.29, 0.717) is 32.6 Å². The largest absolute Gasteiger partial charge is 0.379 e. The Morgan fingerprint density at radius 2 is 1.93 bits per heavy atom. The lowest BCUT2D eigenvalue weighted by Crippen LogP contribution is -2.43. The van der Waals surface area contributed by atoms with Crippen LogP contribution in [0.4, 0.5) is 4.39 Å². The Bertz CT molecular complexity index is 921. The number of halogens is 1. The number of aryl methyl sites for hydroxylation is 1. The molecule has 1 saturated heterocycles. The number of hydrogen-bond donors (Lipinski definition) is 1. The van der Waals surface area contributed by atoms with Gasteiger partial charge in [0, 0.05) is 32.5 Å². The predicted molar refractivity (Wildman–Crippen MR) is 112 cm³/mol. The zero-order valence-corrected chi connectivity index (χ0v) is 17.0. The van der Waals surface area contributed by atoms with Crippen molar-refractivity contribution < 1.29 is 13.9 Å². The van der Waals surface area contributed by atoms with Crippen molar-refractivity contribution in [2.45, 2.75) is 18.9 Å². The Morgan fingerprint density at radius 1 is 1.17 bits per heavy atom. The number of carbonyl (C=O) groups excluding carboxylic acids is 1. The van der Waals surface area contributed by atoms with E-state index in [2.05, 4.69) is 15.2 Å². The van der Waals surface area contributed by atoms with Gasteiger partial charge >= 0.3 is 0 Å². The van der Waals surface area contributed by atoms with Crippen LogP contribution in [0.5, 0.6) is 0 Å². The number of benzene rings is 2. The molecule has 7 heteroatoms. The van der Waals surface area contributed by atoms with Crippen LogP contribution in [-0.4, -0.2) is 48.6 Å². The first-order valence-electron chi connectivity index (χ1n) is 9.87. The van der Waals surface area contributed by atoms with E-state index < -0.39 is 0 Å². The normalized spacial score (nSPS) is 16.0. The number of para-hydroxylation sites is 1. The molecule has 1 fully saturated rings. The maximum absolute atomic E-state index is 13.3. The zero-order valence-electron chi connectivity index (χ0n) is 16.1. The zero-order chi connectivity index (χ0) is 20.1. The molecule has 29 heavy (non-hydrogen) atoms. The minimum atomic E-state index is -0.255. The number of nitrogens with one attached hydrogen (secondary N) is 1. The van der Waals surface area contributed by atoms with Crippen LogP contribution in [0.1, 0.15) is 23.0 Å². The Kier molecular flexibility index (Phi) is 6.49. The standard InChI is InChI=1S/C22H24FN3O2S/c23-17-7-5-16(6-8-17)19(26-11-13-28-14-12-26)15-24-21(27)9-10-22-25-18-3-1-2-4-20(18)29-22/h1-8,19H,9-15H2,(H,24,27)/t19-/m0/s1. The lowest BCUT2D eigenvalue weighted by Gasteiger charge is -2.35. The first-order chi connectivity index (χ1) is 14.2. The third-order valence-corrected chi connectivity index (χ3v) is 6.23. The van der Waals surface area contributed by atoms with Gasteiger partial charge in [0.15, 0.2) is 0 Å². The van der Waals surface area contributed by atoms with Crippen molar-refractivity contribution in [2.24, 2.45) is 0 Å². The highest BCUT2D eigenvalue weighted by Gasteiger charge is 2.23. The molecule has 3 aromatic rings. The summed E-state index contributed by atoms with van der Waals surface area (Å²) in [6.07, 6.45) is 1.03. The van der Waals surface area contributed by atoms with Crippen LogP contribution in [0.15, 0.2) is 48.5 Å². The van der Waals surface area contributed by atoms with Crippen molar-refractivity contribution in [1.29, 1.82) is 0 Å². The lowest BCUT2D eigenvalue weighted by molar-refractivity contribution is -0.121. The number of ether oxygens (including phenoxy) is 1. The molecule has 2 heterocycles. The van der Waals surface area contributed by atoms with E-state index in [-0.39, 0.29) is 17.8 Å². The highest BCUT2D eigenvalue weighted by Crippen LogP contribution is 2.23. The lowest BCUT2D eigenvalue weighted by atomic mass is 10.0. The molecule has 5 nitrogen and oxygen atoms in total. The molecule has 2 aromatic carbocycles. The Labute approximate surface area is 173 Å². The van der Waals surface area contributed by atoms with Gasteiger partial charge in [0.05, 0.1) is 34.5 Å². The summed E-state index contributed by atoms with van der Waals surface area (Å²) in [5.74, 6) is -0.251. The average molecular weight is 414 g/mol. The smallest absolute Gasteiger partial charge is 0.220 e. The second-order valence-corrected chi connectivity index (χ2v) is 8.21. The summed E-state index contributed by atoms with van der Waals surface area (Å²) in [6.45, 7) is 3.42. The molecule has 0 saturated carbocycles. The SMILES string of the molecule is O=C(CCc1nc2ccccc2s1)NC[C@@H](c1ccc(F)cc1)N1CCOCC1. The quantitative estimate of drug-likeness (QED) is 0.644. The van der Waals surface area contributed by atoms with Gasteiger partial charge in [-0.2, -0.15) is 0 Å². The Balaban J connectivity index is 1.35. The summed E-state index contributed by atoms with van der Waals surface area (Å²) < 4.78 is 19.9. The summed E-state index contributed by atoms with van der Waals surface area (Å²) >= 11 is 1.64. The van der Waals surface area contributed by atoms with Gasteiger partial charge in [-0.1, -0.05) is 24.3 Å². The number of carbonyl (C=O) groups is 1. The van der Waals surface area contributed by atoms with Crippen molar-refractivity contribution >= 4 is 27.5 Å². The topological polar surface area (TPSA) is 54.5 Å². The number of morpholine rings is 1. The van der Waals surface area contributed by atoms with Gasteiger partial charge in [-0.25, -0.2) is 9.37 Å². The van der Waals surface area contributed by atoms with Crippen LogP contribution in [0.3, 0.4) is 0 Å². The third-order valence-electron chi connectivity index (χ3n) is 5.14. The van der Waals surface area contributed by atoms with Gasteiger partial charge in [0.25, 0.3) is 0 Å². The highest BCUT2D eigenvalue weighted by molar-refractivity contribution is 7.18. The van der Waals surface area contributed by atoms with Gasteiger partial charge in [0.1, 0.15) is 5.82 Å². The fraction of sp³-hybridized carbons (Fsp3) is 0.364. The van der Waals surface area contributed by atoms with Crippen LogP contribution < -0.4 is 5.32 Å². The summed E-state index contributed by atoms with van der Waals surface area (Å²) in [4.78, 5) is 19.3. The number of hydrogen-bond acceptors (Lipinski definition) is 5. The first-order valence-corrected chi connectivity index (χ1v) is 10.7. The number of aromatic nitrogens is 1. The molecule has 0 unspecified atom stereocenters. The number of amides is 1. The van der Waals surface area contributed by atoms with E-state index in [1.165, 1.54) is 12.1 Å². The summed E-state index contributed by atoms with van der Waals surface area (Å²) in [5, 5.41) is 4.04. The molecule has 1 atom stereocenters. The van der Waals surface area contributed by atoms with E-state index in [1.807, 2.05) is 24.3 Å². The molecule has 0 bridgehead atoms. The Hall–Kier alpha value is -2.35. The molecule has 0 spiro atoms. The van der Waals surface area contributed by atoms with Crippen LogP contribution in [0.25, 0.3) is 10.2 Å². The number of thiazole rings is 1. The van der Waals surface area contributed by atoms with Gasteiger partial charge in [-0.15, -0.1) is 11.3 Å². The molecule has 1 aromatic heterocycles. The molecule has 152 valence electrons. The molecule has 1 aliphatic rings. The number of nitrogens with zero attached hydrogens (tertiary/aromatic N) is 2. The van der Waals surface area contributed by atoms with E-state index in [4.69, 9.17) is 4.74 Å². The van der Waals surface area contributed by atoms with Crippen molar-refractivity contribution in [3.05, 3.63) is 64.9 Å². The van der Waals surface area contributed by atoms with Crippen LogP contribution in [-0.2, 0) is 16.0 Å². The van der Waals surface area contributed by atoms with Crippen LogP contribution in [0, 0.1) is 5.82 Å². The van der Waals surface area contributed by atoms with Gasteiger partial charge in [-0.3, -0.25) is 9.69 Å². The first kappa shape index (κ1) is 19.9. The average Bonchev–Trinajstić information content (AvgIpc) is 3.17. The molecule has 1 aliphatic heterocycles. The molecule has 1 amide bonds. The predicted octanol–water partition coefficient (Wildman–Crippen LogP) is 3.56. The molecular weight excluding hydrogens is 389 g/mol. The van der Waals surface area contributed by atoms with Crippen molar-refractivity contribution in [3.63, 3.8) is 0 Å². The second kappa shape index (κ2) is 9.43. The number of rotatable bonds is 7. The van der Waals surface area contributed by atoms with Crippen LogP contribution >= 0.6 is 11.3 Å². The van der Waals surface area contributed by atoms with E-state index >= 15 is 0 Å². The maximum atomic E-state index is 13.3. The third kappa shape index (κ3) is 5.18. The van der Waals surface area contributed by atoms with E-state index in [0.717, 1.165) is 33.9 Å². The van der Waals surface area contributed by atoms with Crippen LogP contribution in [0.2, 0.25) is 0 Å². The fourth-order valence-electron chi connectivity index (χ4n) is 3.58. The molecular formula is C22H24FN3O2S. The monoisotopic (exact) mass is 413 g/mol. The van der Waals surface area contributed by atoms with Crippen molar-refractivity contribution in [2.75, 3.05) is 32.8 Å². The van der Waals surface area contributed by atoms with Gasteiger partial charge in [-0.05, 0) is 29.8 Å². The van der Waals surface area contributed by atoms with E-state index in [1.54, 1.807) is 23.5 Å². The number of fused-ring (bicyclic) bond motifs is 1. The fourth-order valence-corrected chi connectivity index (χ4v) is 4.54. The highest BCUT2D eigenvalue weighted by atomic mass is 32.1. The van der Waals surface area contributed by atoms with Crippen molar-refractivity contribution in [1.82, 2.24) is 15.2 Å². The van der Waals surface area contributed by atoms with Crippen molar-refractivity contribution in [3.8, 4) is 0 Å². The minimum absolute atomic E-state index is 0.00428. The molecule has 0 radical (unpaired) electrons. The molecule has 4 rings (SSSR count). The van der Waals surface area contributed by atoms with Gasteiger partial charge < -0.3 is 10.1 Å². The molecule has 0 aliphatic carbocycles. The summed E-state index contributed by atoms with van der Waals surface area (Å²) in [6, 6.07) is 14.5.